The fraction of sp³-hybridized carbons (Fsp3) is 0.214. The zero-order chi connectivity index (χ0) is 12.3. The number of pyridine rings is 1. The molecule has 3 nitrogen and oxygen atoms in total. The van der Waals surface area contributed by atoms with Crippen molar-refractivity contribution in [3.8, 4) is 0 Å². The van der Waals surface area contributed by atoms with E-state index in [-0.39, 0.29) is 0 Å². The molecule has 1 heterocycles. The van der Waals surface area contributed by atoms with Crippen LogP contribution in [0.5, 0.6) is 0 Å². The third-order valence-electron chi connectivity index (χ3n) is 2.74. The molecule has 2 aromatic rings. The maximum Gasteiger partial charge on any atom is 0.0603 e. The van der Waals surface area contributed by atoms with E-state index < -0.39 is 0 Å². The summed E-state index contributed by atoms with van der Waals surface area (Å²) in [4.78, 5) is 6.25. The largest absolute Gasteiger partial charge is 0.397 e. The molecule has 0 atom stereocenters. The molecule has 0 aliphatic heterocycles. The number of hydrogen-bond acceptors (Lipinski definition) is 3. The van der Waals surface area contributed by atoms with Gasteiger partial charge in [0.25, 0.3) is 0 Å². The Kier molecular flexibility index (Phi) is 3.28. The Hall–Kier alpha value is -2.03. The minimum Gasteiger partial charge on any atom is -0.397 e. The van der Waals surface area contributed by atoms with Crippen molar-refractivity contribution in [1.82, 2.24) is 4.98 Å². The standard InChI is InChI=1S/C14H17N3/c1-11-5-6-13(15)14(8-11)17(2)10-12-4-3-7-16-9-12/h3-9H,10,15H2,1-2H3. The first kappa shape index (κ1) is 11.5. The van der Waals surface area contributed by atoms with Crippen LogP contribution in [0.25, 0.3) is 0 Å². The fourth-order valence-corrected chi connectivity index (χ4v) is 1.83. The minimum absolute atomic E-state index is 0.807. The van der Waals surface area contributed by atoms with Crippen molar-refractivity contribution in [3.05, 3.63) is 53.9 Å². The Morgan fingerprint density at radius 1 is 1.29 bits per heavy atom. The van der Waals surface area contributed by atoms with Crippen LogP contribution >= 0.6 is 0 Å². The SMILES string of the molecule is Cc1ccc(N)c(N(C)Cc2cccnc2)c1. The highest BCUT2D eigenvalue weighted by Gasteiger charge is 2.06. The Balaban J connectivity index is 2.20. The van der Waals surface area contributed by atoms with Crippen LogP contribution in [0.2, 0.25) is 0 Å². The van der Waals surface area contributed by atoms with E-state index in [9.17, 15) is 0 Å². The second-order valence-corrected chi connectivity index (χ2v) is 4.28. The molecule has 17 heavy (non-hydrogen) atoms. The first-order valence-electron chi connectivity index (χ1n) is 5.63. The second-order valence-electron chi connectivity index (χ2n) is 4.28. The average Bonchev–Trinajstić information content (AvgIpc) is 2.33. The molecule has 0 bridgehead atoms. The van der Waals surface area contributed by atoms with Crippen LogP contribution in [-0.4, -0.2) is 12.0 Å². The molecule has 0 aliphatic carbocycles. The number of anilines is 2. The topological polar surface area (TPSA) is 42.1 Å². The predicted octanol–water partition coefficient (Wildman–Crippen LogP) is 2.61. The number of benzene rings is 1. The molecular weight excluding hydrogens is 210 g/mol. The number of nitrogens with two attached hydrogens (primary N) is 1. The molecule has 0 aliphatic rings. The predicted molar refractivity (Wildman–Crippen MR) is 71.9 cm³/mol. The summed E-state index contributed by atoms with van der Waals surface area (Å²) < 4.78 is 0. The summed E-state index contributed by atoms with van der Waals surface area (Å²) in [5.74, 6) is 0. The van der Waals surface area contributed by atoms with Crippen molar-refractivity contribution in [1.29, 1.82) is 0 Å². The van der Waals surface area contributed by atoms with Crippen molar-refractivity contribution in [2.24, 2.45) is 0 Å². The van der Waals surface area contributed by atoms with Crippen LogP contribution in [-0.2, 0) is 6.54 Å². The molecule has 0 fully saturated rings. The highest BCUT2D eigenvalue weighted by molar-refractivity contribution is 5.68. The zero-order valence-electron chi connectivity index (χ0n) is 10.2. The molecule has 1 aromatic carbocycles. The normalized spacial score (nSPS) is 10.2. The van der Waals surface area contributed by atoms with Gasteiger partial charge in [-0.2, -0.15) is 0 Å². The molecule has 0 unspecified atom stereocenters. The van der Waals surface area contributed by atoms with Gasteiger partial charge in [0.2, 0.25) is 0 Å². The molecule has 0 saturated heterocycles. The van der Waals surface area contributed by atoms with Crippen molar-refractivity contribution in [3.63, 3.8) is 0 Å². The highest BCUT2D eigenvalue weighted by Crippen LogP contribution is 2.24. The molecule has 0 saturated carbocycles. The van der Waals surface area contributed by atoms with E-state index in [1.165, 1.54) is 11.1 Å². The van der Waals surface area contributed by atoms with Gasteiger partial charge in [-0.05, 0) is 36.2 Å². The number of aromatic nitrogens is 1. The first-order valence-corrected chi connectivity index (χ1v) is 5.63. The van der Waals surface area contributed by atoms with Crippen molar-refractivity contribution >= 4 is 11.4 Å². The quantitative estimate of drug-likeness (QED) is 0.819. The first-order chi connectivity index (χ1) is 8.16. The number of hydrogen-bond donors (Lipinski definition) is 1. The van der Waals surface area contributed by atoms with Gasteiger partial charge in [-0.3, -0.25) is 4.98 Å². The third-order valence-corrected chi connectivity index (χ3v) is 2.74. The summed E-state index contributed by atoms with van der Waals surface area (Å²) in [6, 6.07) is 10.1. The zero-order valence-corrected chi connectivity index (χ0v) is 10.2. The van der Waals surface area contributed by atoms with Gasteiger partial charge in [0.1, 0.15) is 0 Å². The lowest BCUT2D eigenvalue weighted by atomic mass is 10.1. The lowest BCUT2D eigenvalue weighted by Crippen LogP contribution is -2.18. The molecule has 2 rings (SSSR count). The molecule has 1 aromatic heterocycles. The summed E-state index contributed by atoms with van der Waals surface area (Å²) in [5, 5.41) is 0. The van der Waals surface area contributed by atoms with Crippen molar-refractivity contribution in [2.45, 2.75) is 13.5 Å². The summed E-state index contributed by atoms with van der Waals surface area (Å²) >= 11 is 0. The van der Waals surface area contributed by atoms with E-state index in [0.29, 0.717) is 0 Å². The second kappa shape index (κ2) is 4.87. The summed E-state index contributed by atoms with van der Waals surface area (Å²) in [6.45, 7) is 2.88. The monoisotopic (exact) mass is 227 g/mol. The van der Waals surface area contributed by atoms with E-state index in [1.54, 1.807) is 6.20 Å². The van der Waals surface area contributed by atoms with Crippen LogP contribution in [0.4, 0.5) is 11.4 Å². The molecule has 0 spiro atoms. The van der Waals surface area contributed by atoms with Gasteiger partial charge in [-0.1, -0.05) is 12.1 Å². The van der Waals surface area contributed by atoms with Gasteiger partial charge in [-0.25, -0.2) is 0 Å². The summed E-state index contributed by atoms with van der Waals surface area (Å²) in [7, 11) is 2.04. The van der Waals surface area contributed by atoms with Crippen LogP contribution < -0.4 is 10.6 Å². The van der Waals surface area contributed by atoms with Crippen LogP contribution in [0, 0.1) is 6.92 Å². The van der Waals surface area contributed by atoms with Gasteiger partial charge < -0.3 is 10.6 Å². The number of aryl methyl sites for hydroxylation is 1. The van der Waals surface area contributed by atoms with Crippen molar-refractivity contribution in [2.75, 3.05) is 17.7 Å². The van der Waals surface area contributed by atoms with Gasteiger partial charge >= 0.3 is 0 Å². The van der Waals surface area contributed by atoms with Crippen LogP contribution in [0.1, 0.15) is 11.1 Å². The highest BCUT2D eigenvalue weighted by atomic mass is 15.1. The van der Waals surface area contributed by atoms with Gasteiger partial charge in [0, 0.05) is 26.0 Å². The molecular formula is C14H17N3. The molecule has 0 radical (unpaired) electrons. The summed E-state index contributed by atoms with van der Waals surface area (Å²) in [5.41, 5.74) is 10.2. The lowest BCUT2D eigenvalue weighted by molar-refractivity contribution is 0.916. The van der Waals surface area contributed by atoms with Crippen LogP contribution in [0.15, 0.2) is 42.7 Å². The van der Waals surface area contributed by atoms with Gasteiger partial charge in [0.05, 0.1) is 11.4 Å². The Morgan fingerprint density at radius 3 is 2.82 bits per heavy atom. The Bertz CT molecular complexity index is 494. The lowest BCUT2D eigenvalue weighted by Gasteiger charge is -2.21. The van der Waals surface area contributed by atoms with E-state index >= 15 is 0 Å². The maximum atomic E-state index is 5.99. The van der Waals surface area contributed by atoms with Gasteiger partial charge in [-0.15, -0.1) is 0 Å². The number of nitrogens with zero attached hydrogens (tertiary/aromatic N) is 2. The third kappa shape index (κ3) is 2.75. The van der Waals surface area contributed by atoms with E-state index in [1.807, 2.05) is 31.4 Å². The smallest absolute Gasteiger partial charge is 0.0603 e. The number of nitrogen functional groups attached to an aromatic ring is 1. The maximum absolute atomic E-state index is 5.99. The van der Waals surface area contributed by atoms with E-state index in [2.05, 4.69) is 28.9 Å². The Labute approximate surface area is 102 Å². The Morgan fingerprint density at radius 2 is 2.12 bits per heavy atom. The van der Waals surface area contributed by atoms with Gasteiger partial charge in [0.15, 0.2) is 0 Å². The van der Waals surface area contributed by atoms with Crippen molar-refractivity contribution < 1.29 is 0 Å². The van der Waals surface area contributed by atoms with Crippen LogP contribution in [0.3, 0.4) is 0 Å². The van der Waals surface area contributed by atoms with E-state index in [0.717, 1.165) is 17.9 Å². The molecule has 88 valence electrons. The minimum atomic E-state index is 0.807. The number of rotatable bonds is 3. The summed E-state index contributed by atoms with van der Waals surface area (Å²) in [6.07, 6.45) is 3.66. The molecule has 0 amide bonds. The fourth-order valence-electron chi connectivity index (χ4n) is 1.83. The average molecular weight is 227 g/mol. The molecule has 2 N–H and O–H groups in total. The molecule has 3 heteroatoms. The van der Waals surface area contributed by atoms with E-state index in [4.69, 9.17) is 5.73 Å².